The van der Waals surface area contributed by atoms with E-state index in [4.69, 9.17) is 26.8 Å². The molecule has 0 bridgehead atoms. The first-order chi connectivity index (χ1) is 8.01. The second-order valence-electron chi connectivity index (χ2n) is 3.97. The number of ether oxygens (including phenoxy) is 2. The number of rotatable bonds is 5. The van der Waals surface area contributed by atoms with E-state index in [1.54, 1.807) is 20.3 Å². The Kier molecular flexibility index (Phi) is 4.85. The molecule has 0 unspecified atom stereocenters. The molecule has 0 amide bonds. The van der Waals surface area contributed by atoms with Crippen LogP contribution in [-0.4, -0.2) is 14.2 Å². The van der Waals surface area contributed by atoms with Crippen LogP contribution in [0.5, 0.6) is 11.5 Å². The molecule has 0 aromatic heterocycles. The Bertz CT molecular complexity index is 418. The van der Waals surface area contributed by atoms with Gasteiger partial charge in [-0.2, -0.15) is 0 Å². The second-order valence-corrected chi connectivity index (χ2v) is 4.35. The lowest BCUT2D eigenvalue weighted by atomic mass is 10.0. The zero-order valence-electron chi connectivity index (χ0n) is 10.4. The zero-order valence-corrected chi connectivity index (χ0v) is 11.2. The van der Waals surface area contributed by atoms with Crippen molar-refractivity contribution >= 4 is 11.6 Å². The van der Waals surface area contributed by atoms with Gasteiger partial charge in [0.1, 0.15) is 0 Å². The largest absolute Gasteiger partial charge is 0.493 e. The molecule has 1 aromatic carbocycles. The summed E-state index contributed by atoms with van der Waals surface area (Å²) >= 11 is 6.26. The predicted molar refractivity (Wildman–Crippen MR) is 70.9 cm³/mol. The van der Waals surface area contributed by atoms with Crippen LogP contribution in [0.3, 0.4) is 0 Å². The van der Waals surface area contributed by atoms with Gasteiger partial charge in [0.15, 0.2) is 11.5 Å². The van der Waals surface area contributed by atoms with Gasteiger partial charge in [0.2, 0.25) is 0 Å². The average molecular weight is 256 g/mol. The summed E-state index contributed by atoms with van der Waals surface area (Å²) < 4.78 is 10.4. The SMILES string of the molecule is C=C(C)C[C@@H](N)c1ccc(OC)c(OC)c1Cl. The fourth-order valence-corrected chi connectivity index (χ4v) is 2.05. The van der Waals surface area contributed by atoms with E-state index in [1.807, 2.05) is 13.0 Å². The number of benzene rings is 1. The number of hydrogen-bond acceptors (Lipinski definition) is 3. The third kappa shape index (κ3) is 3.14. The Morgan fingerprint density at radius 2 is 2.06 bits per heavy atom. The molecule has 0 spiro atoms. The third-order valence-electron chi connectivity index (χ3n) is 2.48. The number of halogens is 1. The quantitative estimate of drug-likeness (QED) is 0.821. The van der Waals surface area contributed by atoms with Gasteiger partial charge in [-0.3, -0.25) is 0 Å². The van der Waals surface area contributed by atoms with Crippen molar-refractivity contribution < 1.29 is 9.47 Å². The smallest absolute Gasteiger partial charge is 0.179 e. The van der Waals surface area contributed by atoms with E-state index >= 15 is 0 Å². The summed E-state index contributed by atoms with van der Waals surface area (Å²) in [7, 11) is 3.12. The summed E-state index contributed by atoms with van der Waals surface area (Å²) in [6, 6.07) is 3.48. The van der Waals surface area contributed by atoms with Gasteiger partial charge in [-0.25, -0.2) is 0 Å². The maximum Gasteiger partial charge on any atom is 0.179 e. The first-order valence-electron chi connectivity index (χ1n) is 5.31. The molecule has 0 aliphatic rings. The van der Waals surface area contributed by atoms with Crippen LogP contribution in [0.15, 0.2) is 24.3 Å². The predicted octanol–water partition coefficient (Wildman–Crippen LogP) is 3.32. The van der Waals surface area contributed by atoms with Crippen LogP contribution in [-0.2, 0) is 0 Å². The van der Waals surface area contributed by atoms with E-state index in [0.29, 0.717) is 22.9 Å². The maximum absolute atomic E-state index is 6.26. The summed E-state index contributed by atoms with van der Waals surface area (Å²) in [5.41, 5.74) is 7.93. The average Bonchev–Trinajstić information content (AvgIpc) is 2.27. The summed E-state index contributed by atoms with van der Waals surface area (Å²) in [6.07, 6.45) is 0.690. The summed E-state index contributed by atoms with van der Waals surface area (Å²) in [4.78, 5) is 0. The van der Waals surface area contributed by atoms with Gasteiger partial charge in [0, 0.05) is 6.04 Å². The van der Waals surface area contributed by atoms with Crippen molar-refractivity contribution in [1.82, 2.24) is 0 Å². The van der Waals surface area contributed by atoms with Crippen molar-refractivity contribution in [3.8, 4) is 11.5 Å². The van der Waals surface area contributed by atoms with Gasteiger partial charge in [-0.15, -0.1) is 6.58 Å². The molecule has 4 heteroatoms. The molecule has 0 saturated heterocycles. The van der Waals surface area contributed by atoms with Crippen molar-refractivity contribution in [3.05, 3.63) is 34.9 Å². The number of methoxy groups -OCH3 is 2. The molecule has 0 aliphatic carbocycles. The third-order valence-corrected chi connectivity index (χ3v) is 2.87. The van der Waals surface area contributed by atoms with Crippen molar-refractivity contribution in [1.29, 1.82) is 0 Å². The highest BCUT2D eigenvalue weighted by Crippen LogP contribution is 2.39. The summed E-state index contributed by atoms with van der Waals surface area (Å²) in [5, 5.41) is 0.501. The molecule has 17 heavy (non-hydrogen) atoms. The minimum atomic E-state index is -0.181. The molecule has 1 atom stereocenters. The monoisotopic (exact) mass is 255 g/mol. The van der Waals surface area contributed by atoms with Gasteiger partial charge in [0.05, 0.1) is 19.2 Å². The van der Waals surface area contributed by atoms with Gasteiger partial charge < -0.3 is 15.2 Å². The molecule has 1 aromatic rings. The summed E-state index contributed by atoms with van der Waals surface area (Å²) in [6.45, 7) is 5.79. The van der Waals surface area contributed by atoms with Crippen molar-refractivity contribution in [2.24, 2.45) is 5.73 Å². The van der Waals surface area contributed by atoms with Crippen molar-refractivity contribution in [3.63, 3.8) is 0 Å². The Balaban J connectivity index is 3.14. The standard InChI is InChI=1S/C13H18ClNO2/c1-8(2)7-10(15)9-5-6-11(16-3)13(17-4)12(9)14/h5-6,10H,1,7,15H2,2-4H3/t10-/m1/s1. The zero-order chi connectivity index (χ0) is 13.0. The second kappa shape index (κ2) is 5.94. The van der Waals surface area contributed by atoms with E-state index in [2.05, 4.69) is 6.58 Å². The lowest BCUT2D eigenvalue weighted by Gasteiger charge is -2.17. The van der Waals surface area contributed by atoms with E-state index in [-0.39, 0.29) is 6.04 Å². The molecule has 2 N–H and O–H groups in total. The summed E-state index contributed by atoms with van der Waals surface area (Å²) in [5.74, 6) is 1.12. The van der Waals surface area contributed by atoms with Gasteiger partial charge >= 0.3 is 0 Å². The van der Waals surface area contributed by atoms with Crippen LogP contribution in [0.4, 0.5) is 0 Å². The highest BCUT2D eigenvalue weighted by atomic mass is 35.5. The molecule has 0 radical (unpaired) electrons. The lowest BCUT2D eigenvalue weighted by Crippen LogP contribution is -2.11. The molecule has 3 nitrogen and oxygen atoms in total. The highest BCUT2D eigenvalue weighted by Gasteiger charge is 2.17. The Hall–Kier alpha value is -1.19. The van der Waals surface area contributed by atoms with Crippen LogP contribution in [0, 0.1) is 0 Å². The normalized spacial score (nSPS) is 12.1. The first kappa shape index (κ1) is 13.9. The van der Waals surface area contributed by atoms with Crippen molar-refractivity contribution in [2.45, 2.75) is 19.4 Å². The number of nitrogens with two attached hydrogens (primary N) is 1. The van der Waals surface area contributed by atoms with Crippen LogP contribution < -0.4 is 15.2 Å². The maximum atomic E-state index is 6.26. The lowest BCUT2D eigenvalue weighted by molar-refractivity contribution is 0.354. The topological polar surface area (TPSA) is 44.5 Å². The fourth-order valence-electron chi connectivity index (χ4n) is 1.68. The minimum absolute atomic E-state index is 0.181. The first-order valence-corrected chi connectivity index (χ1v) is 5.69. The Labute approximate surface area is 107 Å². The van der Waals surface area contributed by atoms with Gasteiger partial charge in [-0.1, -0.05) is 23.2 Å². The van der Waals surface area contributed by atoms with E-state index in [9.17, 15) is 0 Å². The number of hydrogen-bond donors (Lipinski definition) is 1. The molecule has 0 heterocycles. The van der Waals surface area contributed by atoms with Crippen LogP contribution in [0.2, 0.25) is 5.02 Å². The van der Waals surface area contributed by atoms with Gasteiger partial charge in [-0.05, 0) is 25.0 Å². The molecular formula is C13H18ClNO2. The van der Waals surface area contributed by atoms with Crippen LogP contribution >= 0.6 is 11.6 Å². The Morgan fingerprint density at radius 1 is 1.41 bits per heavy atom. The molecule has 0 saturated carbocycles. The van der Waals surface area contributed by atoms with Gasteiger partial charge in [0.25, 0.3) is 0 Å². The molecule has 94 valence electrons. The van der Waals surface area contributed by atoms with Crippen molar-refractivity contribution in [2.75, 3.05) is 14.2 Å². The van der Waals surface area contributed by atoms with E-state index < -0.39 is 0 Å². The molecule has 1 rings (SSSR count). The Morgan fingerprint density at radius 3 is 2.53 bits per heavy atom. The minimum Gasteiger partial charge on any atom is -0.493 e. The molecule has 0 fully saturated rings. The fraction of sp³-hybridized carbons (Fsp3) is 0.385. The van der Waals surface area contributed by atoms with Crippen LogP contribution in [0.1, 0.15) is 24.9 Å². The van der Waals surface area contributed by atoms with Crippen LogP contribution in [0.25, 0.3) is 0 Å². The highest BCUT2D eigenvalue weighted by molar-refractivity contribution is 6.33. The molecular weight excluding hydrogens is 238 g/mol. The molecule has 0 aliphatic heterocycles. The van der Waals surface area contributed by atoms with E-state index in [0.717, 1.165) is 11.1 Å². The van der Waals surface area contributed by atoms with E-state index in [1.165, 1.54) is 0 Å².